The lowest BCUT2D eigenvalue weighted by atomic mass is 9.81. The normalized spacial score (nSPS) is 14.9. The van der Waals surface area contributed by atoms with Crippen molar-refractivity contribution >= 4 is 21.5 Å². The number of aliphatic hydroxyl groups is 1. The van der Waals surface area contributed by atoms with Crippen molar-refractivity contribution in [3.63, 3.8) is 0 Å². The molecule has 0 saturated heterocycles. The van der Waals surface area contributed by atoms with E-state index in [0.29, 0.717) is 12.6 Å². The van der Waals surface area contributed by atoms with Gasteiger partial charge in [0.1, 0.15) is 24.2 Å². The molecule has 6 rings (SSSR count). The molecule has 2 N–H and O–H groups in total. The molecule has 5 aromatic carbocycles. The Morgan fingerprint density at radius 2 is 1.37 bits per heavy atom. The maximum atomic E-state index is 10.3. The minimum Gasteiger partial charge on any atom is -0.497 e. The Kier molecular flexibility index (Phi) is 7.00. The summed E-state index contributed by atoms with van der Waals surface area (Å²) in [5.41, 5.74) is 3.64. The maximum Gasteiger partial charge on any atom is 0.119 e. The number of benzene rings is 5. The molecule has 38 heavy (non-hydrogen) atoms. The van der Waals surface area contributed by atoms with Gasteiger partial charge < -0.3 is 19.9 Å². The van der Waals surface area contributed by atoms with Crippen molar-refractivity contribution in [2.75, 3.05) is 20.3 Å². The van der Waals surface area contributed by atoms with Crippen LogP contribution < -0.4 is 14.8 Å². The average Bonchev–Trinajstić information content (AvgIpc) is 3.81. The highest BCUT2D eigenvalue weighted by atomic mass is 16.5. The molecule has 2 atom stereocenters. The van der Waals surface area contributed by atoms with Crippen LogP contribution in [0, 0.1) is 0 Å². The first-order chi connectivity index (χ1) is 18.7. The van der Waals surface area contributed by atoms with Gasteiger partial charge in [0.05, 0.1) is 7.11 Å². The predicted molar refractivity (Wildman–Crippen MR) is 154 cm³/mol. The van der Waals surface area contributed by atoms with E-state index in [1.165, 1.54) is 51.1 Å². The summed E-state index contributed by atoms with van der Waals surface area (Å²) in [7, 11) is 1.70. The molecule has 1 aliphatic rings. The van der Waals surface area contributed by atoms with Crippen LogP contribution in [0.3, 0.4) is 0 Å². The predicted octanol–water partition coefficient (Wildman–Crippen LogP) is 6.67. The topological polar surface area (TPSA) is 50.7 Å². The number of hydrogen-bond donors (Lipinski definition) is 2. The monoisotopic (exact) mass is 503 g/mol. The van der Waals surface area contributed by atoms with E-state index in [4.69, 9.17) is 9.47 Å². The Morgan fingerprint density at radius 1 is 0.763 bits per heavy atom. The fourth-order valence-corrected chi connectivity index (χ4v) is 5.27. The van der Waals surface area contributed by atoms with Crippen molar-refractivity contribution in [3.8, 4) is 11.5 Å². The lowest BCUT2D eigenvalue weighted by Gasteiger charge is -2.23. The van der Waals surface area contributed by atoms with E-state index in [-0.39, 0.29) is 12.5 Å². The molecule has 0 bridgehead atoms. The summed E-state index contributed by atoms with van der Waals surface area (Å²) in [6, 6.07) is 36.8. The molecule has 5 aromatic rings. The van der Waals surface area contributed by atoms with Gasteiger partial charge in [-0.3, -0.25) is 0 Å². The summed E-state index contributed by atoms with van der Waals surface area (Å²) in [6.07, 6.45) is 1.89. The van der Waals surface area contributed by atoms with Crippen LogP contribution >= 0.6 is 0 Å². The average molecular weight is 504 g/mol. The van der Waals surface area contributed by atoms with Gasteiger partial charge in [0.25, 0.3) is 0 Å². The molecular formula is C34H33NO3. The van der Waals surface area contributed by atoms with Gasteiger partial charge in [-0.1, -0.05) is 72.8 Å². The van der Waals surface area contributed by atoms with Crippen LogP contribution in [0.4, 0.5) is 0 Å². The van der Waals surface area contributed by atoms with Gasteiger partial charge in [-0.15, -0.1) is 0 Å². The second kappa shape index (κ2) is 10.9. The van der Waals surface area contributed by atoms with E-state index in [1.807, 2.05) is 24.3 Å². The smallest absolute Gasteiger partial charge is 0.119 e. The third-order valence-corrected chi connectivity index (χ3v) is 7.44. The molecule has 0 aliphatic heterocycles. The number of nitrogens with one attached hydrogen (secondary N) is 1. The maximum absolute atomic E-state index is 10.3. The number of ether oxygens (including phenoxy) is 2. The fourth-order valence-electron chi connectivity index (χ4n) is 5.27. The first kappa shape index (κ1) is 24.5. The van der Waals surface area contributed by atoms with Crippen molar-refractivity contribution in [2.45, 2.75) is 30.9 Å². The molecule has 0 radical (unpaired) electrons. The number of rotatable bonds is 10. The summed E-state index contributed by atoms with van der Waals surface area (Å²) < 4.78 is 11.4. The number of aliphatic hydroxyl groups excluding tert-OH is 1. The molecule has 0 heterocycles. The molecule has 0 spiro atoms. The second-order valence-electron chi connectivity index (χ2n) is 10.2. The van der Waals surface area contributed by atoms with Crippen LogP contribution in [0.1, 0.15) is 35.4 Å². The minimum absolute atomic E-state index is 0.0257. The summed E-state index contributed by atoms with van der Waals surface area (Å²) in [5, 5.41) is 18.6. The van der Waals surface area contributed by atoms with Crippen LogP contribution in [0.15, 0.2) is 103 Å². The number of methoxy groups -OCH3 is 1. The summed E-state index contributed by atoms with van der Waals surface area (Å²) >= 11 is 0. The van der Waals surface area contributed by atoms with E-state index < -0.39 is 6.10 Å². The summed E-state index contributed by atoms with van der Waals surface area (Å²) in [5.74, 6) is 1.63. The van der Waals surface area contributed by atoms with Crippen LogP contribution in [0.5, 0.6) is 11.5 Å². The largest absolute Gasteiger partial charge is 0.497 e. The minimum atomic E-state index is -0.522. The van der Waals surface area contributed by atoms with Crippen molar-refractivity contribution in [3.05, 3.63) is 120 Å². The van der Waals surface area contributed by atoms with Crippen molar-refractivity contribution in [1.29, 1.82) is 0 Å². The standard InChI is InChI=1S/C34H33NO3/c1-37-28-16-10-23(11-17-28)34(24-12-18-29(19-13-24)38-22-27(36)21-35-26-14-15-26)33-20-25-6-2-3-7-30(25)31-8-4-5-9-32(31)33/h2-13,16-20,26-27,34-36H,14-15,21-22H2,1H3. The molecule has 192 valence electrons. The van der Waals surface area contributed by atoms with Gasteiger partial charge in [-0.05, 0) is 81.4 Å². The van der Waals surface area contributed by atoms with Crippen molar-refractivity contribution in [1.82, 2.24) is 5.32 Å². The number of hydrogen-bond acceptors (Lipinski definition) is 4. The molecular weight excluding hydrogens is 470 g/mol. The first-order valence-electron chi connectivity index (χ1n) is 13.4. The van der Waals surface area contributed by atoms with E-state index in [2.05, 4.69) is 84.2 Å². The van der Waals surface area contributed by atoms with Crippen LogP contribution in [0.25, 0.3) is 21.5 Å². The van der Waals surface area contributed by atoms with E-state index in [9.17, 15) is 5.11 Å². The van der Waals surface area contributed by atoms with Crippen molar-refractivity contribution < 1.29 is 14.6 Å². The van der Waals surface area contributed by atoms with Crippen LogP contribution in [-0.4, -0.2) is 37.5 Å². The van der Waals surface area contributed by atoms with Gasteiger partial charge in [0.2, 0.25) is 0 Å². The molecule has 0 aromatic heterocycles. The third kappa shape index (κ3) is 5.24. The highest BCUT2D eigenvalue weighted by Gasteiger charge is 2.22. The Balaban J connectivity index is 1.37. The second-order valence-corrected chi connectivity index (χ2v) is 10.2. The van der Waals surface area contributed by atoms with E-state index in [0.717, 1.165) is 11.5 Å². The third-order valence-electron chi connectivity index (χ3n) is 7.44. The van der Waals surface area contributed by atoms with E-state index >= 15 is 0 Å². The summed E-state index contributed by atoms with van der Waals surface area (Å²) in [6.45, 7) is 0.841. The van der Waals surface area contributed by atoms with Crippen LogP contribution in [-0.2, 0) is 0 Å². The molecule has 4 nitrogen and oxygen atoms in total. The number of fused-ring (bicyclic) bond motifs is 3. The Bertz CT molecular complexity index is 1520. The zero-order valence-corrected chi connectivity index (χ0v) is 21.6. The Hall–Kier alpha value is -3.86. The van der Waals surface area contributed by atoms with Gasteiger partial charge in [0.15, 0.2) is 0 Å². The Labute approximate surface area is 223 Å². The lowest BCUT2D eigenvalue weighted by molar-refractivity contribution is 0.106. The molecule has 1 saturated carbocycles. The van der Waals surface area contributed by atoms with Gasteiger partial charge in [0, 0.05) is 18.5 Å². The van der Waals surface area contributed by atoms with Gasteiger partial charge in [-0.2, -0.15) is 0 Å². The quantitative estimate of drug-likeness (QED) is 0.165. The molecule has 4 heteroatoms. The lowest BCUT2D eigenvalue weighted by Crippen LogP contribution is -2.32. The fraction of sp³-hybridized carbons (Fsp3) is 0.235. The molecule has 1 fully saturated rings. The van der Waals surface area contributed by atoms with E-state index in [1.54, 1.807) is 7.11 Å². The zero-order valence-electron chi connectivity index (χ0n) is 21.6. The molecule has 0 amide bonds. The molecule has 2 unspecified atom stereocenters. The van der Waals surface area contributed by atoms with Gasteiger partial charge in [-0.25, -0.2) is 0 Å². The van der Waals surface area contributed by atoms with Crippen LogP contribution in [0.2, 0.25) is 0 Å². The molecule has 1 aliphatic carbocycles. The highest BCUT2D eigenvalue weighted by Crippen LogP contribution is 2.40. The summed E-state index contributed by atoms with van der Waals surface area (Å²) in [4.78, 5) is 0. The van der Waals surface area contributed by atoms with Crippen molar-refractivity contribution in [2.24, 2.45) is 0 Å². The first-order valence-corrected chi connectivity index (χ1v) is 13.4. The Morgan fingerprint density at radius 3 is 2.03 bits per heavy atom. The zero-order chi connectivity index (χ0) is 25.9. The highest BCUT2D eigenvalue weighted by molar-refractivity contribution is 6.09. The SMILES string of the molecule is COc1ccc(C(c2ccc(OCC(O)CNC3CC3)cc2)c2cc3ccccc3c3ccccc23)cc1. The van der Waals surface area contributed by atoms with Gasteiger partial charge >= 0.3 is 0 Å².